The Kier molecular flexibility index (Phi) is 4.17. The standard InChI is InChI=1S/C21H21N5S/c22-12-16-4-5-18(13-23-16)26-9-6-15(14-26)21-24-19-7-10-25(17-2-1-3-17)11-8-20(19)27-21/h1-5,13,15H,6-11,14H2. The first-order valence-electron chi connectivity index (χ1n) is 9.53. The van der Waals surface area contributed by atoms with Gasteiger partial charge in [-0.15, -0.1) is 11.3 Å². The molecular formula is C21H21N5S. The molecule has 5 nitrogen and oxygen atoms in total. The Morgan fingerprint density at radius 3 is 2.78 bits per heavy atom. The minimum Gasteiger partial charge on any atom is -0.371 e. The van der Waals surface area contributed by atoms with Crippen molar-refractivity contribution in [1.82, 2.24) is 14.9 Å². The minimum atomic E-state index is 0.473. The third kappa shape index (κ3) is 3.13. The predicted molar refractivity (Wildman–Crippen MR) is 107 cm³/mol. The second-order valence-corrected chi connectivity index (χ2v) is 8.42. The van der Waals surface area contributed by atoms with Gasteiger partial charge in [0.05, 0.1) is 22.6 Å². The molecule has 5 rings (SSSR count). The van der Waals surface area contributed by atoms with Gasteiger partial charge in [0.1, 0.15) is 11.8 Å². The lowest BCUT2D eigenvalue weighted by molar-refractivity contribution is 0.369. The molecule has 136 valence electrons. The fourth-order valence-electron chi connectivity index (χ4n) is 4.04. The van der Waals surface area contributed by atoms with Crippen LogP contribution < -0.4 is 4.90 Å². The summed E-state index contributed by atoms with van der Waals surface area (Å²) in [5, 5.41) is 10.2. The van der Waals surface area contributed by atoms with E-state index < -0.39 is 0 Å². The fourth-order valence-corrected chi connectivity index (χ4v) is 5.27. The highest BCUT2D eigenvalue weighted by molar-refractivity contribution is 7.11. The van der Waals surface area contributed by atoms with Crippen LogP contribution in [0, 0.1) is 11.3 Å². The summed E-state index contributed by atoms with van der Waals surface area (Å²) in [5.74, 6) is 0.506. The van der Waals surface area contributed by atoms with E-state index in [4.69, 9.17) is 10.2 Å². The molecule has 0 amide bonds. The summed E-state index contributed by atoms with van der Waals surface area (Å²) in [5.41, 5.74) is 4.26. The molecule has 0 N–H and O–H groups in total. The van der Waals surface area contributed by atoms with Crippen molar-refractivity contribution < 1.29 is 0 Å². The molecular weight excluding hydrogens is 354 g/mol. The molecule has 1 saturated heterocycles. The van der Waals surface area contributed by atoms with Crippen molar-refractivity contribution in [3.63, 3.8) is 0 Å². The Morgan fingerprint density at radius 1 is 1.15 bits per heavy atom. The molecule has 0 saturated carbocycles. The number of aromatic nitrogens is 2. The van der Waals surface area contributed by atoms with Gasteiger partial charge in [-0.2, -0.15) is 5.26 Å². The quantitative estimate of drug-likeness (QED) is 0.824. The van der Waals surface area contributed by atoms with Crippen molar-refractivity contribution in [3.05, 3.63) is 63.5 Å². The number of anilines is 1. The molecule has 0 bridgehead atoms. The van der Waals surface area contributed by atoms with E-state index in [1.165, 1.54) is 21.3 Å². The molecule has 1 aliphatic carbocycles. The molecule has 1 unspecified atom stereocenters. The summed E-state index contributed by atoms with van der Waals surface area (Å²) in [6.45, 7) is 4.18. The van der Waals surface area contributed by atoms with Crippen molar-refractivity contribution in [2.75, 3.05) is 31.1 Å². The Labute approximate surface area is 163 Å². The van der Waals surface area contributed by atoms with Gasteiger partial charge in [0, 0.05) is 55.5 Å². The Bertz CT molecular complexity index is 924. The minimum absolute atomic E-state index is 0.473. The number of rotatable bonds is 3. The first-order chi connectivity index (χ1) is 13.3. The van der Waals surface area contributed by atoms with E-state index >= 15 is 0 Å². The number of nitrogens with zero attached hydrogens (tertiary/aromatic N) is 5. The monoisotopic (exact) mass is 375 g/mol. The Balaban J connectivity index is 1.26. The van der Waals surface area contributed by atoms with Gasteiger partial charge in [-0.1, -0.05) is 6.08 Å². The van der Waals surface area contributed by atoms with E-state index in [9.17, 15) is 0 Å². The average Bonchev–Trinajstić information content (AvgIpc) is 3.26. The zero-order valence-electron chi connectivity index (χ0n) is 15.1. The normalized spacial score (nSPS) is 21.3. The van der Waals surface area contributed by atoms with Gasteiger partial charge in [-0.05, 0) is 30.7 Å². The largest absolute Gasteiger partial charge is 0.371 e. The number of nitriles is 1. The molecule has 0 aromatic carbocycles. The van der Waals surface area contributed by atoms with Crippen LogP contribution in [-0.4, -0.2) is 41.0 Å². The van der Waals surface area contributed by atoms with Gasteiger partial charge >= 0.3 is 0 Å². The zero-order chi connectivity index (χ0) is 18.2. The Morgan fingerprint density at radius 2 is 2.04 bits per heavy atom. The maximum Gasteiger partial charge on any atom is 0.140 e. The van der Waals surface area contributed by atoms with Crippen molar-refractivity contribution in [2.24, 2.45) is 0 Å². The molecule has 1 fully saturated rings. The molecule has 0 radical (unpaired) electrons. The molecule has 2 aromatic rings. The second kappa shape index (κ2) is 6.82. The highest BCUT2D eigenvalue weighted by Gasteiger charge is 2.29. The molecule has 0 spiro atoms. The third-order valence-electron chi connectivity index (χ3n) is 5.69. The van der Waals surface area contributed by atoms with Crippen LogP contribution in [0.2, 0.25) is 0 Å². The predicted octanol–water partition coefficient (Wildman–Crippen LogP) is 3.26. The van der Waals surface area contributed by atoms with Gasteiger partial charge in [0.25, 0.3) is 0 Å². The van der Waals surface area contributed by atoms with Gasteiger partial charge in [0.2, 0.25) is 0 Å². The topological polar surface area (TPSA) is 56.1 Å². The second-order valence-electron chi connectivity index (χ2n) is 7.30. The first kappa shape index (κ1) is 16.5. The fraction of sp³-hybridized carbons (Fsp3) is 0.381. The van der Waals surface area contributed by atoms with Gasteiger partial charge < -0.3 is 9.80 Å². The van der Waals surface area contributed by atoms with E-state index in [0.29, 0.717) is 11.6 Å². The maximum atomic E-state index is 8.91. The van der Waals surface area contributed by atoms with Crippen LogP contribution in [0.3, 0.4) is 0 Å². The van der Waals surface area contributed by atoms with Crippen molar-refractivity contribution in [1.29, 1.82) is 5.26 Å². The molecule has 2 aliphatic heterocycles. The summed E-state index contributed by atoms with van der Waals surface area (Å²) >= 11 is 1.93. The van der Waals surface area contributed by atoms with E-state index in [1.54, 1.807) is 6.07 Å². The lowest BCUT2D eigenvalue weighted by atomic mass is 10.1. The molecule has 6 heteroatoms. The highest BCUT2D eigenvalue weighted by atomic mass is 32.1. The van der Waals surface area contributed by atoms with Gasteiger partial charge in [0.15, 0.2) is 0 Å². The smallest absolute Gasteiger partial charge is 0.140 e. The van der Waals surface area contributed by atoms with Crippen molar-refractivity contribution >= 4 is 17.0 Å². The average molecular weight is 376 g/mol. The number of pyridine rings is 1. The van der Waals surface area contributed by atoms with Crippen LogP contribution in [0.5, 0.6) is 0 Å². The van der Waals surface area contributed by atoms with Crippen LogP contribution in [0.25, 0.3) is 0 Å². The number of hydrogen-bond donors (Lipinski definition) is 0. The summed E-state index contributed by atoms with van der Waals surface area (Å²) in [6.07, 6.45) is 11.6. The third-order valence-corrected chi connectivity index (χ3v) is 7.01. The number of allylic oxidation sites excluding steroid dienone is 3. The van der Waals surface area contributed by atoms with E-state index in [0.717, 1.165) is 51.1 Å². The van der Waals surface area contributed by atoms with E-state index in [2.05, 4.69) is 39.1 Å². The molecule has 1 atom stereocenters. The first-order valence-corrected chi connectivity index (χ1v) is 10.3. The van der Waals surface area contributed by atoms with Crippen LogP contribution in [0.4, 0.5) is 5.69 Å². The summed E-state index contributed by atoms with van der Waals surface area (Å²) < 4.78 is 0. The van der Waals surface area contributed by atoms with Gasteiger partial charge in [-0.25, -0.2) is 9.97 Å². The zero-order valence-corrected chi connectivity index (χ0v) is 16.0. The molecule has 4 heterocycles. The Hall–Kier alpha value is -2.65. The van der Waals surface area contributed by atoms with E-state index in [-0.39, 0.29) is 0 Å². The van der Waals surface area contributed by atoms with Crippen molar-refractivity contribution in [2.45, 2.75) is 25.2 Å². The lowest BCUT2D eigenvalue weighted by Crippen LogP contribution is -2.26. The number of fused-ring (bicyclic) bond motifs is 1. The summed E-state index contributed by atoms with van der Waals surface area (Å²) in [6, 6.07) is 5.88. The maximum absolute atomic E-state index is 8.91. The van der Waals surface area contributed by atoms with Crippen LogP contribution >= 0.6 is 11.3 Å². The number of hydrogen-bond acceptors (Lipinski definition) is 6. The molecule has 3 aliphatic rings. The summed E-state index contributed by atoms with van der Waals surface area (Å²) in [4.78, 5) is 15.6. The summed E-state index contributed by atoms with van der Waals surface area (Å²) in [7, 11) is 0. The lowest BCUT2D eigenvalue weighted by Gasteiger charge is -2.26. The highest BCUT2D eigenvalue weighted by Crippen LogP contribution is 2.35. The van der Waals surface area contributed by atoms with Crippen LogP contribution in [0.1, 0.15) is 33.6 Å². The van der Waals surface area contributed by atoms with Crippen LogP contribution in [-0.2, 0) is 12.8 Å². The van der Waals surface area contributed by atoms with E-state index in [1.807, 2.05) is 23.6 Å². The molecule has 2 aromatic heterocycles. The molecule has 27 heavy (non-hydrogen) atoms. The van der Waals surface area contributed by atoms with Gasteiger partial charge in [-0.3, -0.25) is 0 Å². The SMILES string of the molecule is N#Cc1ccc(N2CCC(c3nc4c(s3)CCN(C3=CC=C3)CC4)C2)cn1. The van der Waals surface area contributed by atoms with Crippen LogP contribution in [0.15, 0.2) is 42.3 Å². The van der Waals surface area contributed by atoms with Crippen molar-refractivity contribution in [3.8, 4) is 6.07 Å². The number of thiazole rings is 1.